The summed E-state index contributed by atoms with van der Waals surface area (Å²) in [7, 11) is -4.37. The van der Waals surface area contributed by atoms with E-state index in [1.807, 2.05) is 86.5 Å². The van der Waals surface area contributed by atoms with Gasteiger partial charge in [-0.15, -0.1) is 11.3 Å². The van der Waals surface area contributed by atoms with Crippen LogP contribution < -0.4 is 20.3 Å². The van der Waals surface area contributed by atoms with Gasteiger partial charge in [0.15, 0.2) is 5.82 Å². The number of fused-ring (bicyclic) bond motifs is 1. The number of anilines is 2. The molecule has 0 radical (unpaired) electrons. The Kier molecular flexibility index (Phi) is 16.5. The van der Waals surface area contributed by atoms with Crippen molar-refractivity contribution in [3.63, 3.8) is 0 Å². The third-order valence-electron chi connectivity index (χ3n) is 15.7. The highest BCUT2D eigenvalue weighted by atomic mass is 32.2. The molecule has 0 unspecified atom stereocenters. The van der Waals surface area contributed by atoms with Crippen molar-refractivity contribution in [2.24, 2.45) is 11.3 Å². The van der Waals surface area contributed by atoms with Gasteiger partial charge in [-0.1, -0.05) is 57.2 Å². The Morgan fingerprint density at radius 2 is 1.61 bits per heavy atom. The first kappa shape index (κ1) is 56.5. The molecule has 4 fully saturated rings. The molecule has 5 N–H and O–H groups in total. The van der Waals surface area contributed by atoms with Crippen LogP contribution in [0, 0.1) is 29.9 Å². The summed E-state index contributed by atoms with van der Waals surface area (Å²) in [4.78, 5) is 76.1. The molecule has 3 aromatic carbocycles. The number of aliphatic hydroxyl groups excluding tert-OH is 1. The van der Waals surface area contributed by atoms with Gasteiger partial charge in [-0.05, 0) is 84.7 Å². The zero-order valence-corrected chi connectivity index (χ0v) is 46.7. The number of carbonyl (C=O) groups is 4. The molecule has 4 saturated heterocycles. The molecule has 3 aromatic heterocycles. The quantitative estimate of drug-likeness (QED) is 0.0616. The van der Waals surface area contributed by atoms with E-state index in [4.69, 9.17) is 0 Å². The lowest BCUT2D eigenvalue weighted by molar-refractivity contribution is -0.144. The van der Waals surface area contributed by atoms with Gasteiger partial charge in [-0.25, -0.2) is 23.1 Å². The number of nitrogens with zero attached hydrogens (tertiary/aromatic N) is 7. The number of benzene rings is 3. The molecular weight excluding hydrogens is 1070 g/mol. The molecule has 10 rings (SSSR count). The van der Waals surface area contributed by atoms with Crippen molar-refractivity contribution in [3.05, 3.63) is 119 Å². The summed E-state index contributed by atoms with van der Waals surface area (Å²) < 4.78 is 73.3. The molecule has 0 saturated carbocycles. The van der Waals surface area contributed by atoms with E-state index >= 15 is 8.78 Å². The Hall–Kier alpha value is -6.76. The first-order valence-electron chi connectivity index (χ1n) is 27.0. The lowest BCUT2D eigenvalue weighted by Crippen LogP contribution is -2.59. The summed E-state index contributed by atoms with van der Waals surface area (Å²) in [6.07, 6.45) is 1.81. The normalized spacial score (nSPS) is 20.0. The minimum atomic E-state index is -4.37. The van der Waals surface area contributed by atoms with Crippen LogP contribution in [-0.2, 0) is 31.1 Å². The van der Waals surface area contributed by atoms with Crippen LogP contribution in [0.4, 0.5) is 24.5 Å². The molecule has 424 valence electrons. The molecule has 6 aromatic rings. The standard InChI is InChI=1S/C57H66F3N11O7S2/c1-34-52(79-33-64-34)38-7-5-35(6-8-38)25-63-55(75)47-24-42(72)31-71(47)56(76)53(57(2,3)4)65-48(73)32-68-28-36(29-68)15-17-67-19-21-69(22-20-67)41-11-9-37(10-12-41)39-23-43-44(27-62-54(43)61-26-39)51(74)49-45(59)13-14-46(50(49)60)66-80(77,78)70-18-16-40(58)30-70/h5-14,23,26-27,33,36,40,42,47,53,66,72H,15-22,24-25,28-32H2,1-4H3,(H,61,62)(H,63,75)(H,65,73)/t40-,42-,47+,53-/m1/s1. The number of H-pyrrole nitrogens is 1. The van der Waals surface area contributed by atoms with Gasteiger partial charge in [0.05, 0.1) is 40.0 Å². The number of aryl methyl sites for hydroxylation is 1. The van der Waals surface area contributed by atoms with E-state index in [-0.39, 0.29) is 56.4 Å². The van der Waals surface area contributed by atoms with Crippen molar-refractivity contribution in [1.82, 2.24) is 44.6 Å². The van der Waals surface area contributed by atoms with Crippen molar-refractivity contribution >= 4 is 67.5 Å². The van der Waals surface area contributed by atoms with E-state index in [2.05, 4.69) is 40.3 Å². The number of alkyl halides is 1. The summed E-state index contributed by atoms with van der Waals surface area (Å²) in [6, 6.07) is 17.4. The predicted octanol–water partition coefficient (Wildman–Crippen LogP) is 6.12. The van der Waals surface area contributed by atoms with Crippen molar-refractivity contribution in [2.75, 3.05) is 81.6 Å². The first-order chi connectivity index (χ1) is 38.2. The molecule has 0 spiro atoms. The van der Waals surface area contributed by atoms with Gasteiger partial charge in [0.25, 0.3) is 0 Å². The van der Waals surface area contributed by atoms with Crippen LogP contribution in [-0.4, -0.2) is 167 Å². The number of ketones is 1. The summed E-state index contributed by atoms with van der Waals surface area (Å²) >= 11 is 1.57. The van der Waals surface area contributed by atoms with Crippen molar-refractivity contribution in [2.45, 2.75) is 77.9 Å². The smallest absolute Gasteiger partial charge is 0.301 e. The van der Waals surface area contributed by atoms with Crippen LogP contribution >= 0.6 is 11.3 Å². The number of amides is 3. The largest absolute Gasteiger partial charge is 0.391 e. The van der Waals surface area contributed by atoms with Crippen molar-refractivity contribution in [3.8, 4) is 21.6 Å². The number of aromatic amines is 1. The maximum absolute atomic E-state index is 15.8. The summed E-state index contributed by atoms with van der Waals surface area (Å²) in [5, 5.41) is 16.9. The fraction of sp³-hybridized carbons (Fsp3) is 0.439. The molecule has 0 bridgehead atoms. The van der Waals surface area contributed by atoms with Crippen LogP contribution in [0.5, 0.6) is 0 Å². The lowest BCUT2D eigenvalue weighted by Gasteiger charge is -2.42. The minimum absolute atomic E-state index is 0.000103. The fourth-order valence-corrected chi connectivity index (χ4v) is 13.2. The number of nitrogens with one attached hydrogen (secondary N) is 4. The molecular formula is C57H66F3N11O7S2. The number of aliphatic hydroxyl groups is 1. The number of hydrogen-bond donors (Lipinski definition) is 5. The predicted molar refractivity (Wildman–Crippen MR) is 300 cm³/mol. The molecule has 18 nitrogen and oxygen atoms in total. The zero-order chi connectivity index (χ0) is 56.6. The van der Waals surface area contributed by atoms with Gasteiger partial charge >= 0.3 is 10.2 Å². The molecule has 0 aliphatic carbocycles. The Morgan fingerprint density at radius 3 is 2.29 bits per heavy atom. The highest BCUT2D eigenvalue weighted by Gasteiger charge is 2.45. The Bertz CT molecular complexity index is 3380. The third kappa shape index (κ3) is 12.4. The second kappa shape index (κ2) is 23.4. The summed E-state index contributed by atoms with van der Waals surface area (Å²) in [5.41, 5.74) is 5.22. The summed E-state index contributed by atoms with van der Waals surface area (Å²) in [5.74, 6) is -4.17. The molecule has 4 aliphatic rings. The zero-order valence-electron chi connectivity index (χ0n) is 45.1. The van der Waals surface area contributed by atoms with E-state index in [9.17, 15) is 37.1 Å². The number of β-amino-alcohol motifs (C(OH)–C–C–N with tert-alkyl or cyclic N) is 1. The van der Waals surface area contributed by atoms with E-state index in [1.54, 1.807) is 23.6 Å². The third-order valence-corrected chi connectivity index (χ3v) is 18.1. The summed E-state index contributed by atoms with van der Waals surface area (Å²) in [6.45, 7) is 13.4. The second-order valence-corrected chi connectivity index (χ2v) is 25.0. The molecule has 4 atom stereocenters. The number of hydrogen-bond acceptors (Lipinski definition) is 13. The number of likely N-dealkylation sites (tertiary alicyclic amines) is 2. The maximum Gasteiger partial charge on any atom is 0.301 e. The Labute approximate surface area is 466 Å². The van der Waals surface area contributed by atoms with E-state index in [0.717, 1.165) is 102 Å². The second-order valence-electron chi connectivity index (χ2n) is 22.5. The van der Waals surface area contributed by atoms with Gasteiger partial charge < -0.3 is 30.5 Å². The van der Waals surface area contributed by atoms with Gasteiger partial charge in [-0.2, -0.15) is 12.7 Å². The molecule has 7 heterocycles. The number of rotatable bonds is 18. The highest BCUT2D eigenvalue weighted by molar-refractivity contribution is 7.90. The molecule has 80 heavy (non-hydrogen) atoms. The highest BCUT2D eigenvalue weighted by Crippen LogP contribution is 2.33. The van der Waals surface area contributed by atoms with Crippen molar-refractivity contribution in [1.29, 1.82) is 0 Å². The first-order valence-corrected chi connectivity index (χ1v) is 29.3. The number of pyridine rings is 1. The maximum atomic E-state index is 15.8. The van der Waals surface area contributed by atoms with Crippen LogP contribution in [0.25, 0.3) is 32.6 Å². The lowest BCUT2D eigenvalue weighted by atomic mass is 9.85. The Balaban J connectivity index is 0.667. The van der Waals surface area contributed by atoms with E-state index < -0.39 is 81.1 Å². The average molecular weight is 1140 g/mol. The molecule has 3 amide bonds. The average Bonchev–Trinajstić information content (AvgIpc) is 4.28. The van der Waals surface area contributed by atoms with Gasteiger partial charge in [0.2, 0.25) is 23.5 Å². The van der Waals surface area contributed by atoms with E-state index in [0.29, 0.717) is 22.5 Å². The molecule has 23 heteroatoms. The fourth-order valence-electron chi connectivity index (χ4n) is 11.1. The monoisotopic (exact) mass is 1140 g/mol. The van der Waals surface area contributed by atoms with Gasteiger partial charge in [0, 0.05) is 106 Å². The van der Waals surface area contributed by atoms with E-state index in [1.165, 1.54) is 11.1 Å². The Morgan fingerprint density at radius 1 is 0.887 bits per heavy atom. The number of halogens is 3. The van der Waals surface area contributed by atoms with Crippen LogP contribution in [0.15, 0.2) is 84.6 Å². The topological polar surface area (TPSA) is 217 Å². The van der Waals surface area contributed by atoms with Gasteiger partial charge in [0.1, 0.15) is 29.7 Å². The van der Waals surface area contributed by atoms with Crippen LogP contribution in [0.2, 0.25) is 0 Å². The van der Waals surface area contributed by atoms with Crippen LogP contribution in [0.1, 0.15) is 67.2 Å². The number of aromatic nitrogens is 3. The number of piperazine rings is 1. The minimum Gasteiger partial charge on any atom is -0.391 e. The number of carbonyl (C=O) groups excluding carboxylic acids is 4. The number of thiazole rings is 1. The molecule has 4 aliphatic heterocycles. The van der Waals surface area contributed by atoms with Crippen LogP contribution in [0.3, 0.4) is 0 Å². The SMILES string of the molecule is Cc1ncsc1-c1ccc(CNC(=O)[C@@H]2C[C@@H](O)CN2C(=O)[C@@H](NC(=O)CN2CC(CCN3CCN(c4ccc(-c5cnc6[nH]cc(C(=O)c7c(F)ccc(NS(=O)(=O)N8CC[C@@H](F)C8)c7F)c6c5)cc4)CC3)C2)C(C)(C)C)cc1. The van der Waals surface area contributed by atoms with Crippen molar-refractivity contribution < 1.29 is 45.9 Å². The van der Waals surface area contributed by atoms with Gasteiger partial charge in [-0.3, -0.25) is 33.7 Å².